The molecule has 1 unspecified atom stereocenters. The van der Waals surface area contributed by atoms with E-state index in [1.807, 2.05) is 33.5 Å². The Morgan fingerprint density at radius 1 is 1.19 bits per heavy atom. The predicted octanol–water partition coefficient (Wildman–Crippen LogP) is 2.67. The van der Waals surface area contributed by atoms with Gasteiger partial charge in [-0.25, -0.2) is 0 Å². The minimum absolute atomic E-state index is 0.183. The van der Waals surface area contributed by atoms with Crippen LogP contribution in [0, 0.1) is 5.92 Å². The summed E-state index contributed by atoms with van der Waals surface area (Å²) in [6, 6.07) is 0. The molecule has 0 heterocycles. The fourth-order valence-electron chi connectivity index (χ4n) is 2.08. The van der Waals surface area contributed by atoms with Crippen LogP contribution in [0.1, 0.15) is 26.7 Å². The van der Waals surface area contributed by atoms with Gasteiger partial charge in [-0.3, -0.25) is 9.59 Å². The van der Waals surface area contributed by atoms with Crippen LogP contribution in [0.5, 0.6) is 0 Å². The van der Waals surface area contributed by atoms with Gasteiger partial charge in [0.05, 0.1) is 19.5 Å². The topological polar surface area (TPSA) is 74.6 Å². The fraction of sp³-hybridized carbons (Fsp3) is 0.818. The monoisotopic (exact) mass is 246 g/mol. The zero-order valence-corrected chi connectivity index (χ0v) is 11.7. The Hall–Kier alpha value is -0.843. The normalized spacial score (nSPS) is 15.9. The Kier molecular flexibility index (Phi) is 4.73. The zero-order valence-electron chi connectivity index (χ0n) is 10.7. The summed E-state index contributed by atoms with van der Waals surface area (Å²) in [6.45, 7) is 9.63. The molecule has 16 heavy (non-hydrogen) atoms. The molecule has 0 aliphatic carbocycles. The molecule has 0 amide bonds. The van der Waals surface area contributed by atoms with Crippen LogP contribution in [0.2, 0.25) is 24.7 Å². The SMILES string of the molecule is CC(C)CC(CC(=O)O)(C(=O)O)[Si](C)(C)C. The lowest BCUT2D eigenvalue weighted by molar-refractivity contribution is -0.148. The minimum Gasteiger partial charge on any atom is -0.481 e. The molecule has 0 fully saturated rings. The van der Waals surface area contributed by atoms with E-state index in [9.17, 15) is 14.7 Å². The highest BCUT2D eigenvalue weighted by Gasteiger charge is 2.51. The van der Waals surface area contributed by atoms with E-state index >= 15 is 0 Å². The van der Waals surface area contributed by atoms with E-state index in [0.29, 0.717) is 6.42 Å². The molecule has 0 spiro atoms. The summed E-state index contributed by atoms with van der Waals surface area (Å²) >= 11 is 0. The fourth-order valence-corrected chi connectivity index (χ4v) is 4.43. The van der Waals surface area contributed by atoms with Crippen molar-refractivity contribution in [1.29, 1.82) is 0 Å². The van der Waals surface area contributed by atoms with Crippen molar-refractivity contribution < 1.29 is 19.8 Å². The minimum atomic E-state index is -2.11. The molecule has 4 nitrogen and oxygen atoms in total. The van der Waals surface area contributed by atoms with Crippen LogP contribution in [-0.2, 0) is 9.59 Å². The Morgan fingerprint density at radius 2 is 1.62 bits per heavy atom. The van der Waals surface area contributed by atoms with Gasteiger partial charge in [-0.1, -0.05) is 33.5 Å². The molecule has 0 saturated carbocycles. The number of carboxylic acid groups (broad SMARTS) is 2. The van der Waals surface area contributed by atoms with E-state index in [1.54, 1.807) is 0 Å². The first-order valence-corrected chi connectivity index (χ1v) is 8.98. The largest absolute Gasteiger partial charge is 0.481 e. The van der Waals surface area contributed by atoms with Crippen molar-refractivity contribution in [3.8, 4) is 0 Å². The van der Waals surface area contributed by atoms with Crippen molar-refractivity contribution in [2.45, 2.75) is 51.4 Å². The molecule has 0 radical (unpaired) electrons. The van der Waals surface area contributed by atoms with Crippen LogP contribution in [0.15, 0.2) is 0 Å². The van der Waals surface area contributed by atoms with Crippen molar-refractivity contribution in [3.05, 3.63) is 0 Å². The average molecular weight is 246 g/mol. The maximum absolute atomic E-state index is 11.5. The molecule has 94 valence electrons. The Bertz CT molecular complexity index is 280. The van der Waals surface area contributed by atoms with E-state index in [2.05, 4.69) is 0 Å². The van der Waals surface area contributed by atoms with Gasteiger partial charge in [0, 0.05) is 0 Å². The number of rotatable bonds is 6. The van der Waals surface area contributed by atoms with E-state index < -0.39 is 25.1 Å². The van der Waals surface area contributed by atoms with Gasteiger partial charge in [0.2, 0.25) is 0 Å². The lowest BCUT2D eigenvalue weighted by atomic mass is 9.93. The molecule has 0 aromatic rings. The average Bonchev–Trinajstić information content (AvgIpc) is 1.97. The van der Waals surface area contributed by atoms with Crippen LogP contribution in [0.3, 0.4) is 0 Å². The number of carbonyl (C=O) groups is 2. The van der Waals surface area contributed by atoms with Gasteiger partial charge in [0.1, 0.15) is 0 Å². The molecule has 0 aromatic heterocycles. The summed E-state index contributed by atoms with van der Waals surface area (Å²) in [5.74, 6) is -1.80. The molecule has 0 aliphatic rings. The molecule has 2 N–H and O–H groups in total. The third kappa shape index (κ3) is 3.33. The highest BCUT2D eigenvalue weighted by atomic mass is 28.3. The second-order valence-electron chi connectivity index (χ2n) is 5.81. The van der Waals surface area contributed by atoms with E-state index in [-0.39, 0.29) is 12.3 Å². The smallest absolute Gasteiger partial charge is 0.307 e. The highest BCUT2D eigenvalue weighted by Crippen LogP contribution is 2.47. The highest BCUT2D eigenvalue weighted by molar-refractivity contribution is 6.82. The van der Waals surface area contributed by atoms with Crippen LogP contribution in [0.25, 0.3) is 0 Å². The van der Waals surface area contributed by atoms with Crippen molar-refractivity contribution in [2.75, 3.05) is 0 Å². The molecule has 1 atom stereocenters. The van der Waals surface area contributed by atoms with Gasteiger partial charge in [0.25, 0.3) is 0 Å². The molecular formula is C11H22O4Si. The van der Waals surface area contributed by atoms with Crippen molar-refractivity contribution in [1.82, 2.24) is 0 Å². The summed E-state index contributed by atoms with van der Waals surface area (Å²) in [6.07, 6.45) is 0.167. The maximum Gasteiger partial charge on any atom is 0.307 e. The van der Waals surface area contributed by atoms with Crippen LogP contribution < -0.4 is 0 Å². The first-order valence-electron chi connectivity index (χ1n) is 5.48. The van der Waals surface area contributed by atoms with Crippen molar-refractivity contribution in [2.24, 2.45) is 5.92 Å². The van der Waals surface area contributed by atoms with Crippen LogP contribution >= 0.6 is 0 Å². The van der Waals surface area contributed by atoms with E-state index in [1.165, 1.54) is 0 Å². The summed E-state index contributed by atoms with van der Waals surface area (Å²) < 4.78 is 0. The summed E-state index contributed by atoms with van der Waals surface area (Å²) in [4.78, 5) is 22.4. The summed E-state index contributed by atoms with van der Waals surface area (Å²) in [5.41, 5.74) is 0. The van der Waals surface area contributed by atoms with Crippen LogP contribution in [0.4, 0.5) is 0 Å². The lowest BCUT2D eigenvalue weighted by Gasteiger charge is -2.40. The summed E-state index contributed by atoms with van der Waals surface area (Å²) in [7, 11) is -2.11. The molecular weight excluding hydrogens is 224 g/mol. The van der Waals surface area contributed by atoms with Gasteiger partial charge in [0.15, 0.2) is 0 Å². The van der Waals surface area contributed by atoms with Gasteiger partial charge in [-0.05, 0) is 12.3 Å². The molecule has 0 bridgehead atoms. The number of hydrogen-bond donors (Lipinski definition) is 2. The second-order valence-corrected chi connectivity index (χ2v) is 11.3. The number of aliphatic carboxylic acids is 2. The third-order valence-electron chi connectivity index (χ3n) is 3.05. The quantitative estimate of drug-likeness (QED) is 0.707. The van der Waals surface area contributed by atoms with E-state index in [4.69, 9.17) is 5.11 Å². The molecule has 0 aliphatic heterocycles. The van der Waals surface area contributed by atoms with Gasteiger partial charge in [-0.2, -0.15) is 0 Å². The number of carboxylic acids is 2. The maximum atomic E-state index is 11.5. The van der Waals surface area contributed by atoms with E-state index in [0.717, 1.165) is 0 Å². The van der Waals surface area contributed by atoms with Crippen molar-refractivity contribution in [3.63, 3.8) is 0 Å². The second kappa shape index (κ2) is 4.99. The standard InChI is InChI=1S/C11H22O4Si/c1-8(2)6-11(10(14)15,7-9(12)13)16(3,4)5/h8H,6-7H2,1-5H3,(H,12,13)(H,14,15). The van der Waals surface area contributed by atoms with Crippen molar-refractivity contribution >= 4 is 20.0 Å². The third-order valence-corrected chi connectivity index (χ3v) is 6.52. The molecule has 5 heteroatoms. The summed E-state index contributed by atoms with van der Waals surface area (Å²) in [5, 5.41) is 17.3. The van der Waals surface area contributed by atoms with Gasteiger partial charge < -0.3 is 10.2 Å². The first kappa shape index (κ1) is 15.2. The molecule has 0 aromatic carbocycles. The Morgan fingerprint density at radius 3 is 1.81 bits per heavy atom. The zero-order chi connectivity index (χ0) is 13.1. The van der Waals surface area contributed by atoms with Gasteiger partial charge >= 0.3 is 11.9 Å². The number of hydrogen-bond acceptors (Lipinski definition) is 2. The molecule has 0 saturated heterocycles. The van der Waals surface area contributed by atoms with Crippen LogP contribution in [-0.4, -0.2) is 30.2 Å². The Labute approximate surface area is 97.7 Å². The predicted molar refractivity (Wildman–Crippen MR) is 65.4 cm³/mol. The Balaban J connectivity index is 5.40. The van der Waals surface area contributed by atoms with Gasteiger partial charge in [-0.15, -0.1) is 0 Å². The first-order chi connectivity index (χ1) is 7.03. The lowest BCUT2D eigenvalue weighted by Crippen LogP contribution is -2.47. The molecule has 0 rings (SSSR count).